The Kier molecular flexibility index (Phi) is 2.99. The third-order valence-electron chi connectivity index (χ3n) is 2.15. The van der Waals surface area contributed by atoms with E-state index in [1.807, 2.05) is 0 Å². The number of nitrogen functional groups attached to an aromatic ring is 1. The number of hydrogen-bond acceptors (Lipinski definition) is 2. The summed E-state index contributed by atoms with van der Waals surface area (Å²) in [7, 11) is 0. The van der Waals surface area contributed by atoms with Crippen LogP contribution in [0, 0.1) is 0 Å². The van der Waals surface area contributed by atoms with Gasteiger partial charge in [0, 0.05) is 21.1 Å². The lowest BCUT2D eigenvalue weighted by Gasteiger charge is -2.14. The number of alkyl halides is 2. The number of anilines is 1. The molecule has 0 fully saturated rings. The number of halogens is 3. The predicted molar refractivity (Wildman–Crippen MR) is 65.9 cm³/mol. The minimum Gasteiger partial charge on any atom is -0.399 e. The fourth-order valence-electron chi connectivity index (χ4n) is 1.31. The molecule has 0 aliphatic heterocycles. The molecule has 0 amide bonds. The van der Waals surface area contributed by atoms with Gasteiger partial charge in [-0.25, -0.2) is 0 Å². The Labute approximate surface area is 104 Å². The van der Waals surface area contributed by atoms with Gasteiger partial charge in [0.2, 0.25) is 0 Å². The molecule has 84 valence electrons. The van der Waals surface area contributed by atoms with E-state index in [1.165, 1.54) is 30.3 Å². The van der Waals surface area contributed by atoms with E-state index in [4.69, 9.17) is 5.73 Å². The second-order valence-corrected chi connectivity index (χ2v) is 5.15. The number of benzene rings is 1. The van der Waals surface area contributed by atoms with Crippen molar-refractivity contribution >= 4 is 33.0 Å². The zero-order valence-corrected chi connectivity index (χ0v) is 10.5. The Morgan fingerprint density at radius 1 is 1.19 bits per heavy atom. The van der Waals surface area contributed by atoms with Gasteiger partial charge in [-0.1, -0.05) is 12.1 Å². The van der Waals surface area contributed by atoms with E-state index in [1.54, 1.807) is 5.38 Å². The van der Waals surface area contributed by atoms with E-state index in [0.717, 1.165) is 11.3 Å². The first-order valence-corrected chi connectivity index (χ1v) is 6.16. The van der Waals surface area contributed by atoms with Crippen LogP contribution in [0.15, 0.2) is 40.2 Å². The van der Waals surface area contributed by atoms with Crippen molar-refractivity contribution in [3.8, 4) is 0 Å². The Bertz CT molecular complexity index is 493. The number of hydrogen-bond donors (Lipinski definition) is 1. The van der Waals surface area contributed by atoms with Crippen LogP contribution in [0.1, 0.15) is 10.4 Å². The van der Waals surface area contributed by atoms with Gasteiger partial charge in [0.25, 0.3) is 0 Å². The van der Waals surface area contributed by atoms with Gasteiger partial charge in [-0.05, 0) is 34.1 Å². The highest BCUT2D eigenvalue weighted by atomic mass is 79.9. The second kappa shape index (κ2) is 4.14. The lowest BCUT2D eigenvalue weighted by atomic mass is 10.1. The van der Waals surface area contributed by atoms with E-state index >= 15 is 0 Å². The van der Waals surface area contributed by atoms with Crippen molar-refractivity contribution in [2.75, 3.05) is 5.73 Å². The van der Waals surface area contributed by atoms with Gasteiger partial charge in [0.05, 0.1) is 4.88 Å². The number of thiophene rings is 1. The second-order valence-electron chi connectivity index (χ2n) is 3.33. The monoisotopic (exact) mass is 303 g/mol. The van der Waals surface area contributed by atoms with E-state index in [-0.39, 0.29) is 10.4 Å². The van der Waals surface area contributed by atoms with Crippen LogP contribution < -0.4 is 5.73 Å². The highest BCUT2D eigenvalue weighted by Gasteiger charge is 2.35. The van der Waals surface area contributed by atoms with Gasteiger partial charge in [-0.3, -0.25) is 0 Å². The average molecular weight is 304 g/mol. The maximum Gasteiger partial charge on any atom is 0.307 e. The van der Waals surface area contributed by atoms with Gasteiger partial charge < -0.3 is 5.73 Å². The molecular formula is C11H8BrF2NS. The summed E-state index contributed by atoms with van der Waals surface area (Å²) in [4.78, 5) is 0.0177. The first kappa shape index (κ1) is 11.5. The minimum absolute atomic E-state index is 0.0177. The molecule has 0 saturated heterocycles. The van der Waals surface area contributed by atoms with Gasteiger partial charge in [-0.15, -0.1) is 11.3 Å². The van der Waals surface area contributed by atoms with E-state index in [0.29, 0.717) is 10.2 Å². The molecule has 0 saturated carbocycles. The molecule has 1 aromatic carbocycles. The van der Waals surface area contributed by atoms with Crippen LogP contribution in [0.5, 0.6) is 0 Å². The van der Waals surface area contributed by atoms with Crippen molar-refractivity contribution in [3.63, 3.8) is 0 Å². The standard InChI is InChI=1S/C11H8BrF2NS/c12-8-5-10(16-6-8)11(13,14)7-1-3-9(15)4-2-7/h1-6H,15H2. The number of rotatable bonds is 2. The molecule has 0 atom stereocenters. The molecule has 1 nitrogen and oxygen atoms in total. The van der Waals surface area contributed by atoms with Gasteiger partial charge in [-0.2, -0.15) is 8.78 Å². The lowest BCUT2D eigenvalue weighted by molar-refractivity contribution is 0.0469. The Balaban J connectivity index is 2.42. The predicted octanol–water partition coefficient (Wildman–Crippen LogP) is 4.23. The van der Waals surface area contributed by atoms with Gasteiger partial charge >= 0.3 is 5.92 Å². The lowest BCUT2D eigenvalue weighted by Crippen LogP contribution is -2.13. The fourth-order valence-corrected chi connectivity index (χ4v) is 2.74. The molecule has 0 bridgehead atoms. The van der Waals surface area contributed by atoms with E-state index < -0.39 is 5.92 Å². The molecule has 0 unspecified atom stereocenters. The molecule has 0 aliphatic rings. The smallest absolute Gasteiger partial charge is 0.307 e. The summed E-state index contributed by atoms with van der Waals surface area (Å²) < 4.78 is 28.6. The summed E-state index contributed by atoms with van der Waals surface area (Å²) >= 11 is 4.19. The third-order valence-corrected chi connectivity index (χ3v) is 3.91. The normalized spacial score (nSPS) is 11.7. The Morgan fingerprint density at radius 2 is 1.81 bits per heavy atom. The van der Waals surface area contributed by atoms with Crippen LogP contribution in [0.25, 0.3) is 0 Å². The van der Waals surface area contributed by atoms with Crippen molar-refractivity contribution in [2.24, 2.45) is 0 Å². The summed E-state index contributed by atoms with van der Waals surface area (Å²) in [6.45, 7) is 0. The van der Waals surface area contributed by atoms with Crippen LogP contribution in [-0.2, 0) is 5.92 Å². The summed E-state index contributed by atoms with van der Waals surface area (Å²) in [5, 5.41) is 1.64. The quantitative estimate of drug-likeness (QED) is 0.825. The number of nitrogens with two attached hydrogens (primary N) is 1. The molecule has 2 aromatic rings. The first-order valence-electron chi connectivity index (χ1n) is 4.48. The topological polar surface area (TPSA) is 26.0 Å². The molecule has 0 spiro atoms. The zero-order chi connectivity index (χ0) is 11.8. The molecule has 16 heavy (non-hydrogen) atoms. The largest absolute Gasteiger partial charge is 0.399 e. The Hall–Kier alpha value is -0.940. The highest BCUT2D eigenvalue weighted by molar-refractivity contribution is 9.10. The first-order chi connectivity index (χ1) is 7.50. The van der Waals surface area contributed by atoms with Crippen LogP contribution >= 0.6 is 27.3 Å². The molecule has 2 N–H and O–H groups in total. The molecule has 0 radical (unpaired) electrons. The van der Waals surface area contributed by atoms with E-state index in [9.17, 15) is 8.78 Å². The summed E-state index contributed by atoms with van der Waals surface area (Å²) in [6, 6.07) is 7.09. The average Bonchev–Trinajstić information content (AvgIpc) is 2.66. The Morgan fingerprint density at radius 3 is 2.31 bits per heavy atom. The fraction of sp³-hybridized carbons (Fsp3) is 0.0909. The van der Waals surface area contributed by atoms with Crippen LogP contribution in [0.2, 0.25) is 0 Å². The molecule has 2 rings (SSSR count). The summed E-state index contributed by atoms with van der Waals surface area (Å²) in [5.41, 5.74) is 5.90. The van der Waals surface area contributed by atoms with Gasteiger partial charge in [0.1, 0.15) is 0 Å². The van der Waals surface area contributed by atoms with Gasteiger partial charge in [0.15, 0.2) is 0 Å². The highest BCUT2D eigenvalue weighted by Crippen LogP contribution is 2.40. The molecule has 1 heterocycles. The van der Waals surface area contributed by atoms with Crippen LogP contribution in [0.4, 0.5) is 14.5 Å². The van der Waals surface area contributed by atoms with Crippen molar-refractivity contribution in [2.45, 2.75) is 5.92 Å². The molecule has 0 aliphatic carbocycles. The maximum absolute atomic E-state index is 14.0. The van der Waals surface area contributed by atoms with E-state index in [2.05, 4.69) is 15.9 Å². The molecular weight excluding hydrogens is 296 g/mol. The summed E-state index contributed by atoms with van der Waals surface area (Å²) in [5.74, 6) is -2.97. The van der Waals surface area contributed by atoms with Crippen molar-refractivity contribution in [1.82, 2.24) is 0 Å². The SMILES string of the molecule is Nc1ccc(C(F)(F)c2cc(Br)cs2)cc1. The minimum atomic E-state index is -2.97. The van der Waals surface area contributed by atoms with Crippen molar-refractivity contribution in [3.05, 3.63) is 50.6 Å². The van der Waals surface area contributed by atoms with Crippen molar-refractivity contribution < 1.29 is 8.78 Å². The maximum atomic E-state index is 14.0. The summed E-state index contributed by atoms with van der Waals surface area (Å²) in [6.07, 6.45) is 0. The van der Waals surface area contributed by atoms with Crippen LogP contribution in [0.3, 0.4) is 0 Å². The molecule has 5 heteroatoms. The zero-order valence-electron chi connectivity index (χ0n) is 8.08. The van der Waals surface area contributed by atoms with Crippen LogP contribution in [-0.4, -0.2) is 0 Å². The molecule has 1 aromatic heterocycles. The van der Waals surface area contributed by atoms with Crippen molar-refractivity contribution in [1.29, 1.82) is 0 Å². The third kappa shape index (κ3) is 2.10.